The zero-order valence-corrected chi connectivity index (χ0v) is 19.8. The van der Waals surface area contributed by atoms with E-state index in [1.54, 1.807) is 12.1 Å². The number of benzene rings is 2. The molecule has 2 saturated carbocycles. The monoisotopic (exact) mass is 490 g/mol. The van der Waals surface area contributed by atoms with E-state index < -0.39 is 10.0 Å². The number of primary sulfonamides is 1. The lowest BCUT2D eigenvalue weighted by atomic mass is 9.67. The van der Waals surface area contributed by atoms with Gasteiger partial charge in [-0.05, 0) is 66.3 Å². The fourth-order valence-corrected chi connectivity index (χ4v) is 7.20. The summed E-state index contributed by atoms with van der Waals surface area (Å²) in [6, 6.07) is 14.1. The first-order valence-electron chi connectivity index (χ1n) is 10.2. The highest BCUT2D eigenvalue weighted by Gasteiger charge is 2.62. The number of halogens is 1. The van der Waals surface area contributed by atoms with Gasteiger partial charge in [0.25, 0.3) is 5.91 Å². The molecule has 3 atom stereocenters. The second kappa shape index (κ2) is 7.18. The third kappa shape index (κ3) is 3.41. The zero-order valence-electron chi connectivity index (χ0n) is 17.4. The highest BCUT2D eigenvalue weighted by atomic mass is 79.9. The third-order valence-corrected chi connectivity index (χ3v) is 8.63. The van der Waals surface area contributed by atoms with Crippen molar-refractivity contribution in [1.82, 2.24) is 0 Å². The topological polar surface area (TPSA) is 80.5 Å². The Kier molecular flexibility index (Phi) is 5.15. The molecule has 1 unspecified atom stereocenters. The predicted octanol–water partition coefficient (Wildman–Crippen LogP) is 4.96. The summed E-state index contributed by atoms with van der Waals surface area (Å²) in [6.45, 7) is 6.73. The van der Waals surface area contributed by atoms with Crippen molar-refractivity contribution >= 4 is 37.5 Å². The molecule has 0 spiro atoms. The highest BCUT2D eigenvalue weighted by Crippen LogP contribution is 2.64. The fourth-order valence-electron chi connectivity index (χ4n) is 5.93. The first-order valence-corrected chi connectivity index (χ1v) is 12.5. The van der Waals surface area contributed by atoms with Crippen molar-refractivity contribution in [2.45, 2.75) is 51.0 Å². The Morgan fingerprint density at radius 2 is 1.80 bits per heavy atom. The molecule has 1 amide bonds. The van der Waals surface area contributed by atoms with E-state index in [0.717, 1.165) is 24.9 Å². The molecule has 7 heteroatoms. The van der Waals surface area contributed by atoms with Crippen molar-refractivity contribution in [3.8, 4) is 0 Å². The number of sulfonamides is 1. The molecule has 5 nitrogen and oxygen atoms in total. The minimum Gasteiger partial charge on any atom is -0.304 e. The molecule has 160 valence electrons. The van der Waals surface area contributed by atoms with E-state index in [-0.39, 0.29) is 33.2 Å². The normalized spacial score (nSPS) is 27.2. The van der Waals surface area contributed by atoms with E-state index >= 15 is 0 Å². The van der Waals surface area contributed by atoms with Crippen LogP contribution in [0, 0.1) is 16.7 Å². The number of amides is 1. The number of para-hydroxylation sites is 1. The van der Waals surface area contributed by atoms with Crippen LogP contribution in [0.15, 0.2) is 57.9 Å². The molecule has 2 aliphatic rings. The minimum absolute atomic E-state index is 0.0171. The van der Waals surface area contributed by atoms with Crippen LogP contribution in [0.2, 0.25) is 0 Å². The second-order valence-electron chi connectivity index (χ2n) is 9.51. The van der Waals surface area contributed by atoms with Crippen LogP contribution in [0.25, 0.3) is 0 Å². The van der Waals surface area contributed by atoms with Gasteiger partial charge in [-0.1, -0.05) is 54.9 Å². The predicted molar refractivity (Wildman–Crippen MR) is 122 cm³/mol. The summed E-state index contributed by atoms with van der Waals surface area (Å²) < 4.78 is 25.1. The van der Waals surface area contributed by atoms with Crippen molar-refractivity contribution in [2.24, 2.45) is 21.9 Å². The SMILES string of the molecule is CC1(C)C(N(C(=O)c2ccc(Br)cc2S(N)(=O)=O)c2ccccc2)[C@@]2(C)CC[C@@H]1C2. The summed E-state index contributed by atoms with van der Waals surface area (Å²) >= 11 is 3.29. The lowest BCUT2D eigenvalue weighted by Gasteiger charge is -2.49. The van der Waals surface area contributed by atoms with Crippen LogP contribution in [0.3, 0.4) is 0 Å². The van der Waals surface area contributed by atoms with Gasteiger partial charge in [0.15, 0.2) is 0 Å². The number of carbonyl (C=O) groups is 1. The van der Waals surface area contributed by atoms with Crippen LogP contribution in [-0.2, 0) is 10.0 Å². The van der Waals surface area contributed by atoms with Gasteiger partial charge in [0.2, 0.25) is 10.0 Å². The van der Waals surface area contributed by atoms with Crippen LogP contribution in [-0.4, -0.2) is 20.4 Å². The number of rotatable bonds is 4. The van der Waals surface area contributed by atoms with Gasteiger partial charge in [-0.15, -0.1) is 0 Å². The molecule has 2 fully saturated rings. The average molecular weight is 491 g/mol. The summed E-state index contributed by atoms with van der Waals surface area (Å²) in [5.41, 5.74) is 0.774. The quantitative estimate of drug-likeness (QED) is 0.657. The van der Waals surface area contributed by atoms with E-state index in [9.17, 15) is 13.2 Å². The van der Waals surface area contributed by atoms with Gasteiger partial charge >= 0.3 is 0 Å². The van der Waals surface area contributed by atoms with Gasteiger partial charge < -0.3 is 4.90 Å². The van der Waals surface area contributed by atoms with Gasteiger partial charge in [-0.2, -0.15) is 0 Å². The molecule has 0 aromatic heterocycles. The number of anilines is 1. The molecule has 0 heterocycles. The maximum atomic E-state index is 14.0. The maximum Gasteiger partial charge on any atom is 0.259 e. The van der Waals surface area contributed by atoms with Crippen molar-refractivity contribution in [3.63, 3.8) is 0 Å². The molecule has 0 aliphatic heterocycles. The van der Waals surface area contributed by atoms with Crippen molar-refractivity contribution in [3.05, 3.63) is 58.6 Å². The molecular weight excluding hydrogens is 464 g/mol. The number of hydrogen-bond acceptors (Lipinski definition) is 3. The second-order valence-corrected chi connectivity index (χ2v) is 12.0. The summed E-state index contributed by atoms with van der Waals surface area (Å²) in [5, 5.41) is 5.48. The van der Waals surface area contributed by atoms with Gasteiger partial charge in [0, 0.05) is 16.2 Å². The van der Waals surface area contributed by atoms with E-state index in [4.69, 9.17) is 5.14 Å². The molecule has 2 N–H and O–H groups in total. The first-order chi connectivity index (χ1) is 13.9. The largest absolute Gasteiger partial charge is 0.304 e. The number of carbonyl (C=O) groups excluding carboxylic acids is 1. The first kappa shape index (κ1) is 21.5. The smallest absolute Gasteiger partial charge is 0.259 e. The van der Waals surface area contributed by atoms with Gasteiger partial charge in [0.05, 0.1) is 10.5 Å². The molecule has 0 radical (unpaired) electrons. The van der Waals surface area contributed by atoms with Crippen LogP contribution in [0.5, 0.6) is 0 Å². The number of nitrogens with two attached hydrogens (primary N) is 1. The van der Waals surface area contributed by atoms with Crippen LogP contribution in [0.4, 0.5) is 5.69 Å². The summed E-state index contributed by atoms with van der Waals surface area (Å²) in [4.78, 5) is 15.7. The minimum atomic E-state index is -4.07. The van der Waals surface area contributed by atoms with E-state index in [0.29, 0.717) is 10.4 Å². The molecule has 2 aromatic carbocycles. The van der Waals surface area contributed by atoms with Crippen LogP contribution < -0.4 is 10.0 Å². The van der Waals surface area contributed by atoms with Crippen molar-refractivity contribution in [1.29, 1.82) is 0 Å². The Balaban J connectivity index is 1.91. The highest BCUT2D eigenvalue weighted by molar-refractivity contribution is 9.10. The lowest BCUT2D eigenvalue weighted by Crippen LogP contribution is -2.55. The Bertz CT molecular complexity index is 1100. The van der Waals surface area contributed by atoms with E-state index in [1.807, 2.05) is 35.2 Å². The standard InChI is InChI=1S/C23H27BrN2O3S/c1-22(2)15-11-12-23(3,14-15)21(22)26(17-7-5-4-6-8-17)20(27)18-10-9-16(24)13-19(18)30(25,28)29/h4-10,13,15,21H,11-12,14H2,1-3H3,(H2,25,28,29)/t15-,21?,23+/m1/s1. The molecule has 2 bridgehead atoms. The molecule has 4 rings (SSSR count). The molecule has 30 heavy (non-hydrogen) atoms. The van der Waals surface area contributed by atoms with E-state index in [2.05, 4.69) is 36.7 Å². The maximum absolute atomic E-state index is 14.0. The average Bonchev–Trinajstić information content (AvgIpc) is 3.16. The third-order valence-electron chi connectivity index (χ3n) is 7.19. The lowest BCUT2D eigenvalue weighted by molar-refractivity contribution is 0.0849. The number of fused-ring (bicyclic) bond motifs is 2. The Labute approximate surface area is 186 Å². The van der Waals surface area contributed by atoms with Crippen LogP contribution in [0.1, 0.15) is 50.4 Å². The van der Waals surface area contributed by atoms with Gasteiger partial charge in [-0.25, -0.2) is 13.6 Å². The zero-order chi connectivity index (χ0) is 21.9. The van der Waals surface area contributed by atoms with Crippen LogP contribution >= 0.6 is 15.9 Å². The van der Waals surface area contributed by atoms with Crippen molar-refractivity contribution in [2.75, 3.05) is 4.90 Å². The number of hydrogen-bond donors (Lipinski definition) is 1. The Hall–Kier alpha value is -1.70. The molecule has 0 saturated heterocycles. The van der Waals surface area contributed by atoms with E-state index in [1.165, 1.54) is 6.07 Å². The summed E-state index contributed by atoms with van der Waals surface area (Å²) in [7, 11) is -4.07. The molecular formula is C23H27BrN2O3S. The van der Waals surface area contributed by atoms with Gasteiger partial charge in [-0.3, -0.25) is 4.79 Å². The number of nitrogens with zero attached hydrogens (tertiary/aromatic N) is 1. The molecule has 2 aromatic rings. The Morgan fingerprint density at radius 3 is 2.37 bits per heavy atom. The Morgan fingerprint density at radius 1 is 1.13 bits per heavy atom. The summed E-state index contributed by atoms with van der Waals surface area (Å²) in [6.07, 6.45) is 3.30. The van der Waals surface area contributed by atoms with Crippen molar-refractivity contribution < 1.29 is 13.2 Å². The molecule has 2 aliphatic carbocycles. The fraction of sp³-hybridized carbons (Fsp3) is 0.435. The van der Waals surface area contributed by atoms with Gasteiger partial charge in [0.1, 0.15) is 0 Å². The summed E-state index contributed by atoms with van der Waals surface area (Å²) in [5.74, 6) is 0.207.